The number of carbonyl (C=O) groups is 1. The number of amides is 1. The Kier molecular flexibility index (Phi) is 9.01. The summed E-state index contributed by atoms with van der Waals surface area (Å²) in [7, 11) is 0. The lowest BCUT2D eigenvalue weighted by molar-refractivity contribution is 0.0780. The molecule has 2 aliphatic heterocycles. The van der Waals surface area contributed by atoms with E-state index in [4.69, 9.17) is 15.0 Å². The highest BCUT2D eigenvalue weighted by atomic mass is 16.5. The standard InChI is InChI=1S/C35H40N6O2/c36-19-25-43-26-24-41-32-14-8-7-13-31(32)38-34(41)37-30-15-20-39(21-16-30)22-17-35(29-11-5-2-6-12-29)18-23-40(27-35)33(42)28-9-3-1-4-10-28/h1-14,30H,15-18,20-27H2,(H,37,38). The van der Waals surface area contributed by atoms with Crippen LogP contribution in [0.5, 0.6) is 0 Å². The Morgan fingerprint density at radius 2 is 1.67 bits per heavy atom. The minimum Gasteiger partial charge on any atom is -0.365 e. The van der Waals surface area contributed by atoms with Gasteiger partial charge in [0.1, 0.15) is 6.61 Å². The maximum absolute atomic E-state index is 13.3. The van der Waals surface area contributed by atoms with E-state index in [0.29, 0.717) is 19.2 Å². The molecular formula is C35H40N6O2. The van der Waals surface area contributed by atoms with Crippen LogP contribution in [0.2, 0.25) is 0 Å². The van der Waals surface area contributed by atoms with Crippen LogP contribution in [-0.2, 0) is 16.7 Å². The molecule has 0 spiro atoms. The van der Waals surface area contributed by atoms with Crippen molar-refractivity contribution in [3.05, 3.63) is 96.1 Å². The first-order valence-corrected chi connectivity index (χ1v) is 15.4. The van der Waals surface area contributed by atoms with Gasteiger partial charge in [-0.25, -0.2) is 4.98 Å². The zero-order valence-corrected chi connectivity index (χ0v) is 24.7. The molecule has 0 aliphatic carbocycles. The summed E-state index contributed by atoms with van der Waals surface area (Å²) in [5.41, 5.74) is 4.12. The monoisotopic (exact) mass is 576 g/mol. The van der Waals surface area contributed by atoms with Crippen molar-refractivity contribution in [3.63, 3.8) is 0 Å². The lowest BCUT2D eigenvalue weighted by Crippen LogP contribution is -2.42. The second-order valence-electron chi connectivity index (χ2n) is 11.8. The number of nitrogens with zero attached hydrogens (tertiary/aromatic N) is 5. The number of rotatable bonds is 11. The van der Waals surface area contributed by atoms with Gasteiger partial charge in [0.05, 0.1) is 23.7 Å². The molecule has 1 aromatic heterocycles. The Labute approximate surface area is 253 Å². The fourth-order valence-electron chi connectivity index (χ4n) is 6.73. The van der Waals surface area contributed by atoms with E-state index in [2.05, 4.69) is 56.1 Å². The fourth-order valence-corrected chi connectivity index (χ4v) is 6.73. The number of likely N-dealkylation sites (tertiary alicyclic amines) is 2. The van der Waals surface area contributed by atoms with Crippen LogP contribution in [0, 0.1) is 11.3 Å². The van der Waals surface area contributed by atoms with E-state index in [1.165, 1.54) is 5.56 Å². The molecule has 1 atom stereocenters. The van der Waals surface area contributed by atoms with Gasteiger partial charge in [-0.2, -0.15) is 5.26 Å². The third-order valence-electron chi connectivity index (χ3n) is 9.16. The van der Waals surface area contributed by atoms with E-state index < -0.39 is 0 Å². The van der Waals surface area contributed by atoms with Gasteiger partial charge in [0.25, 0.3) is 5.91 Å². The zero-order valence-electron chi connectivity index (χ0n) is 24.7. The summed E-state index contributed by atoms with van der Waals surface area (Å²) in [4.78, 5) is 22.8. The number of carbonyl (C=O) groups excluding carboxylic acids is 1. The lowest BCUT2D eigenvalue weighted by atomic mass is 9.76. The topological polar surface area (TPSA) is 86.4 Å². The number of para-hydroxylation sites is 2. The van der Waals surface area contributed by atoms with Crippen LogP contribution in [0.25, 0.3) is 11.0 Å². The normalized spacial score (nSPS) is 19.5. The number of hydrogen-bond acceptors (Lipinski definition) is 6. The van der Waals surface area contributed by atoms with Gasteiger partial charge in [0.2, 0.25) is 5.95 Å². The molecule has 2 saturated heterocycles. The van der Waals surface area contributed by atoms with Gasteiger partial charge in [0.15, 0.2) is 0 Å². The Bertz CT molecular complexity index is 1540. The van der Waals surface area contributed by atoms with Crippen LogP contribution in [0.15, 0.2) is 84.9 Å². The van der Waals surface area contributed by atoms with Gasteiger partial charge in [-0.05, 0) is 62.1 Å². The number of anilines is 1. The second kappa shape index (κ2) is 13.4. The number of piperidine rings is 1. The van der Waals surface area contributed by atoms with E-state index in [1.807, 2.05) is 54.6 Å². The van der Waals surface area contributed by atoms with E-state index in [0.717, 1.165) is 81.0 Å². The largest absolute Gasteiger partial charge is 0.365 e. The molecular weight excluding hydrogens is 536 g/mol. The highest BCUT2D eigenvalue weighted by molar-refractivity contribution is 5.94. The molecule has 1 N–H and O–H groups in total. The van der Waals surface area contributed by atoms with E-state index in [9.17, 15) is 4.79 Å². The minimum atomic E-state index is -0.0285. The van der Waals surface area contributed by atoms with Crippen LogP contribution in [-0.4, -0.2) is 77.2 Å². The molecule has 4 aromatic rings. The SMILES string of the molecule is N#CCOCCn1c(NC2CCN(CCC3(c4ccccc4)CCN(C(=O)c4ccccc4)C3)CC2)nc2ccccc21. The molecule has 43 heavy (non-hydrogen) atoms. The predicted molar refractivity (Wildman–Crippen MR) is 169 cm³/mol. The van der Waals surface area contributed by atoms with Crippen LogP contribution < -0.4 is 5.32 Å². The molecule has 6 rings (SSSR count). The van der Waals surface area contributed by atoms with E-state index in [-0.39, 0.29) is 17.9 Å². The number of fused-ring (bicyclic) bond motifs is 1. The molecule has 0 saturated carbocycles. The quantitative estimate of drug-likeness (QED) is 0.243. The zero-order chi connectivity index (χ0) is 29.5. The van der Waals surface area contributed by atoms with Crippen molar-refractivity contribution in [2.24, 2.45) is 0 Å². The smallest absolute Gasteiger partial charge is 0.253 e. The van der Waals surface area contributed by atoms with Crippen LogP contribution in [0.3, 0.4) is 0 Å². The van der Waals surface area contributed by atoms with Crippen molar-refractivity contribution >= 4 is 22.9 Å². The van der Waals surface area contributed by atoms with Gasteiger partial charge in [-0.3, -0.25) is 4.79 Å². The molecule has 1 unspecified atom stereocenters. The third kappa shape index (κ3) is 6.58. The first kappa shape index (κ1) is 28.9. The number of nitriles is 1. The first-order chi connectivity index (χ1) is 21.1. The van der Waals surface area contributed by atoms with Crippen LogP contribution >= 0.6 is 0 Å². The molecule has 0 radical (unpaired) electrons. The summed E-state index contributed by atoms with van der Waals surface area (Å²) in [5, 5.41) is 12.5. The Hall–Kier alpha value is -4.19. The molecule has 8 nitrogen and oxygen atoms in total. The molecule has 2 aliphatic rings. The van der Waals surface area contributed by atoms with E-state index >= 15 is 0 Å². The Morgan fingerprint density at radius 3 is 2.44 bits per heavy atom. The number of aromatic nitrogens is 2. The molecule has 2 fully saturated rings. The van der Waals surface area contributed by atoms with Crippen molar-refractivity contribution in [1.29, 1.82) is 5.26 Å². The second-order valence-corrected chi connectivity index (χ2v) is 11.8. The van der Waals surface area contributed by atoms with Gasteiger partial charge < -0.3 is 24.4 Å². The van der Waals surface area contributed by atoms with Crippen LogP contribution in [0.4, 0.5) is 5.95 Å². The lowest BCUT2D eigenvalue weighted by Gasteiger charge is -2.36. The summed E-state index contributed by atoms with van der Waals surface area (Å²) < 4.78 is 7.62. The molecule has 222 valence electrons. The van der Waals surface area contributed by atoms with Gasteiger partial charge in [-0.1, -0.05) is 60.7 Å². The van der Waals surface area contributed by atoms with Crippen molar-refractivity contribution in [2.75, 3.05) is 51.3 Å². The number of nitrogens with one attached hydrogen (secondary N) is 1. The molecule has 0 bridgehead atoms. The summed E-state index contributed by atoms with van der Waals surface area (Å²) in [5.74, 6) is 1.00. The summed E-state index contributed by atoms with van der Waals surface area (Å²) >= 11 is 0. The van der Waals surface area contributed by atoms with Gasteiger partial charge in [-0.15, -0.1) is 0 Å². The molecule has 1 amide bonds. The average molecular weight is 577 g/mol. The maximum Gasteiger partial charge on any atom is 0.253 e. The minimum absolute atomic E-state index is 0.0285. The van der Waals surface area contributed by atoms with Gasteiger partial charge >= 0.3 is 0 Å². The number of ether oxygens (including phenoxy) is 1. The van der Waals surface area contributed by atoms with Gasteiger partial charge in [0, 0.05) is 49.7 Å². The summed E-state index contributed by atoms with van der Waals surface area (Å²) in [6, 6.07) is 31.0. The van der Waals surface area contributed by atoms with E-state index in [1.54, 1.807) is 0 Å². The average Bonchev–Trinajstić information content (AvgIpc) is 3.66. The predicted octanol–water partition coefficient (Wildman–Crippen LogP) is 5.33. The molecule has 8 heteroatoms. The first-order valence-electron chi connectivity index (χ1n) is 15.4. The number of benzene rings is 3. The molecule has 3 heterocycles. The fraction of sp³-hybridized carbons (Fsp3) is 0.400. The third-order valence-corrected chi connectivity index (χ3v) is 9.16. The van der Waals surface area contributed by atoms with Crippen molar-refractivity contribution in [1.82, 2.24) is 19.4 Å². The highest BCUT2D eigenvalue weighted by Gasteiger charge is 2.41. The van der Waals surface area contributed by atoms with Crippen LogP contribution in [0.1, 0.15) is 41.6 Å². The van der Waals surface area contributed by atoms with Crippen molar-refractivity contribution in [2.45, 2.75) is 43.7 Å². The molecule has 3 aromatic carbocycles. The maximum atomic E-state index is 13.3. The van der Waals surface area contributed by atoms with Crippen molar-refractivity contribution < 1.29 is 9.53 Å². The Balaban J connectivity index is 1.07. The number of hydrogen-bond donors (Lipinski definition) is 1. The summed E-state index contributed by atoms with van der Waals surface area (Å²) in [6.07, 6.45) is 4.12. The van der Waals surface area contributed by atoms with Crippen molar-refractivity contribution in [3.8, 4) is 6.07 Å². The number of imidazole rings is 1. The highest BCUT2D eigenvalue weighted by Crippen LogP contribution is 2.39. The summed E-state index contributed by atoms with van der Waals surface area (Å²) in [6.45, 7) is 5.84. The Morgan fingerprint density at radius 1 is 0.953 bits per heavy atom.